The number of esters is 5. The number of ether oxygens (including phenoxy) is 7. The molecule has 0 bridgehead atoms. The van der Waals surface area contributed by atoms with Crippen LogP contribution in [0.15, 0.2) is 91.0 Å². The Balaban J connectivity index is 1.61. The second-order valence-electron chi connectivity index (χ2n) is 26.0. The normalized spacial score (nSPS) is 16.4. The van der Waals surface area contributed by atoms with Crippen LogP contribution in [0.5, 0.6) is 0 Å². The van der Waals surface area contributed by atoms with Crippen LogP contribution in [-0.2, 0) is 86.5 Å². The molecule has 3 aromatic carbocycles. The molecule has 0 saturated carbocycles. The lowest BCUT2D eigenvalue weighted by atomic mass is 9.95. The van der Waals surface area contributed by atoms with Gasteiger partial charge in [0.1, 0.15) is 50.7 Å². The fourth-order valence-electron chi connectivity index (χ4n) is 11.8. The van der Waals surface area contributed by atoms with Gasteiger partial charge in [-0.15, -0.1) is 0 Å². The fourth-order valence-corrected chi connectivity index (χ4v) is 11.8. The van der Waals surface area contributed by atoms with Crippen LogP contribution in [0, 0.1) is 0 Å². The topological polar surface area (TPSA) is 228 Å². The number of amides is 2. The predicted molar refractivity (Wildman–Crippen MR) is 370 cm³/mol. The summed E-state index contributed by atoms with van der Waals surface area (Å²) in [6.07, 6.45) is 26.1. The van der Waals surface area contributed by atoms with Gasteiger partial charge in [0.2, 0.25) is 11.8 Å². The lowest BCUT2D eigenvalue weighted by Gasteiger charge is -2.44. The summed E-state index contributed by atoms with van der Waals surface area (Å²) >= 11 is 0. The molecule has 3 aromatic rings. The number of carbonyl (C=O) groups is 7. The molecular weight excluding hydrogens is 1200 g/mol. The Hall–Kier alpha value is -6.17. The smallest absolute Gasteiger partial charge is 0.329 e. The van der Waals surface area contributed by atoms with Crippen molar-refractivity contribution in [2.75, 3.05) is 6.61 Å². The van der Waals surface area contributed by atoms with Crippen LogP contribution in [-0.4, -0.2) is 96.2 Å². The number of unbranched alkanes of at least 4 members (excludes halogenated alkanes) is 30. The minimum absolute atomic E-state index is 0.00421. The van der Waals surface area contributed by atoms with Gasteiger partial charge in [0, 0.05) is 19.3 Å². The molecule has 95 heavy (non-hydrogen) atoms. The van der Waals surface area contributed by atoms with Crippen molar-refractivity contribution in [1.82, 2.24) is 10.6 Å². The summed E-state index contributed by atoms with van der Waals surface area (Å²) in [4.78, 5) is 97.4. The van der Waals surface area contributed by atoms with E-state index >= 15 is 0 Å². The van der Waals surface area contributed by atoms with Crippen molar-refractivity contribution in [3.8, 4) is 0 Å². The predicted octanol–water partition coefficient (Wildman–Crippen LogP) is 16.4. The summed E-state index contributed by atoms with van der Waals surface area (Å²) in [6.45, 7) is 5.67. The molecule has 1 fully saturated rings. The zero-order valence-electron chi connectivity index (χ0n) is 58.3. The van der Waals surface area contributed by atoms with E-state index in [1.165, 1.54) is 116 Å². The first-order valence-electron chi connectivity index (χ1n) is 36.9. The first kappa shape index (κ1) is 81.3. The number of carbonyl (C=O) groups excluding carboxylic acids is 7. The Kier molecular flexibility index (Phi) is 45.3. The Morgan fingerprint density at radius 1 is 0.421 bits per heavy atom. The van der Waals surface area contributed by atoms with Crippen LogP contribution < -0.4 is 10.6 Å². The summed E-state index contributed by atoms with van der Waals surface area (Å²) in [5.41, 5.74) is 2.15. The van der Waals surface area contributed by atoms with E-state index in [1.54, 1.807) is 48.5 Å². The Morgan fingerprint density at radius 3 is 1.16 bits per heavy atom. The van der Waals surface area contributed by atoms with E-state index in [-0.39, 0.29) is 39.1 Å². The van der Waals surface area contributed by atoms with Gasteiger partial charge in [0.25, 0.3) is 0 Å². The van der Waals surface area contributed by atoms with Crippen LogP contribution in [0.3, 0.4) is 0 Å². The first-order chi connectivity index (χ1) is 46.4. The molecule has 3 N–H and O–H groups in total. The number of aliphatic hydroxyl groups is 1. The standard InChI is InChI=1S/C78H120N2O15/c1-4-7-10-13-16-19-22-25-28-31-43-52-68(81)79-66(57-73(86)91-60-64-50-41-36-42-51-64)77(88)92-61-67-75(87)76(95-70(83)54-45-33-30-27-24-21-18-15-12-9-6-3)74(80-69(82)53-44-32-29-26-23-20-17-14-11-8-5-2)78(94-67)93-65(55-71(84)89-58-62-46-37-34-38-47-62)56-72(85)90-59-63-48-39-35-40-49-63/h34-42,46-51,65-67,74-76,78,87H,4-33,43-45,52-61H2,1-3H3,(H,79,81)(H,80,82)/t66-,67+,74+,75+,76+,78-/m0/s1. The Bertz CT molecular complexity index is 2440. The molecule has 1 saturated heterocycles. The van der Waals surface area contributed by atoms with Gasteiger partial charge >= 0.3 is 29.8 Å². The molecule has 17 heteroatoms. The van der Waals surface area contributed by atoms with Crippen molar-refractivity contribution >= 4 is 41.7 Å². The van der Waals surface area contributed by atoms with Gasteiger partial charge in [0.05, 0.1) is 25.4 Å². The van der Waals surface area contributed by atoms with Crippen LogP contribution in [0.2, 0.25) is 0 Å². The van der Waals surface area contributed by atoms with Crippen LogP contribution in [0.4, 0.5) is 0 Å². The third-order valence-electron chi connectivity index (χ3n) is 17.5. The molecular formula is C78H120N2O15. The van der Waals surface area contributed by atoms with Gasteiger partial charge in [-0.25, -0.2) is 4.79 Å². The summed E-state index contributed by atoms with van der Waals surface area (Å²) in [7, 11) is 0. The molecule has 0 unspecified atom stereocenters. The van der Waals surface area contributed by atoms with E-state index in [9.17, 15) is 38.7 Å². The van der Waals surface area contributed by atoms with Crippen molar-refractivity contribution < 1.29 is 71.8 Å². The molecule has 1 heterocycles. The Labute approximate surface area is 569 Å². The molecule has 4 rings (SSSR count). The average Bonchev–Trinajstić information content (AvgIpc) is 0.847. The lowest BCUT2D eigenvalue weighted by molar-refractivity contribution is -0.286. The third-order valence-corrected chi connectivity index (χ3v) is 17.5. The molecule has 0 aliphatic carbocycles. The lowest BCUT2D eigenvalue weighted by Crippen LogP contribution is -2.66. The first-order valence-corrected chi connectivity index (χ1v) is 36.9. The van der Waals surface area contributed by atoms with Crippen molar-refractivity contribution in [1.29, 1.82) is 0 Å². The highest BCUT2D eigenvalue weighted by atomic mass is 16.7. The van der Waals surface area contributed by atoms with Crippen LogP contribution >= 0.6 is 0 Å². The van der Waals surface area contributed by atoms with E-state index in [4.69, 9.17) is 33.2 Å². The van der Waals surface area contributed by atoms with Crippen molar-refractivity contribution in [2.24, 2.45) is 0 Å². The van der Waals surface area contributed by atoms with Gasteiger partial charge < -0.3 is 48.9 Å². The van der Waals surface area contributed by atoms with E-state index in [2.05, 4.69) is 31.4 Å². The van der Waals surface area contributed by atoms with E-state index in [1.807, 2.05) is 42.5 Å². The quantitative estimate of drug-likeness (QED) is 0.0271. The highest BCUT2D eigenvalue weighted by Crippen LogP contribution is 2.29. The van der Waals surface area contributed by atoms with Gasteiger partial charge in [-0.1, -0.05) is 304 Å². The second-order valence-corrected chi connectivity index (χ2v) is 26.0. The van der Waals surface area contributed by atoms with E-state index in [0.29, 0.717) is 24.8 Å². The number of rotatable bonds is 56. The van der Waals surface area contributed by atoms with Crippen LogP contribution in [0.25, 0.3) is 0 Å². The SMILES string of the molecule is CCCCCCCCCCCCCC(=O)N[C@H]1[C@@H](OC(CC(=O)OCc2ccccc2)CC(=O)OCc2ccccc2)O[C@H](COC(=O)[C@H](CC(=O)OCc2ccccc2)NC(=O)CCCCCCCCCCCCC)[C@@H](O)[C@@H]1OC(=O)CCCCCCCCCCCCC. The molecule has 1 aliphatic rings. The molecule has 0 aromatic heterocycles. The van der Waals surface area contributed by atoms with Gasteiger partial charge in [0.15, 0.2) is 12.4 Å². The zero-order chi connectivity index (χ0) is 68.2. The minimum atomic E-state index is -1.77. The maximum Gasteiger partial charge on any atom is 0.329 e. The maximum absolute atomic E-state index is 14.4. The summed E-state index contributed by atoms with van der Waals surface area (Å²) < 4.78 is 42.2. The van der Waals surface area contributed by atoms with Gasteiger partial charge in [-0.2, -0.15) is 0 Å². The fraction of sp³-hybridized carbons (Fsp3) is 0.679. The summed E-state index contributed by atoms with van der Waals surface area (Å²) in [5.74, 6) is -4.85. The summed E-state index contributed by atoms with van der Waals surface area (Å²) in [5, 5.41) is 18.1. The van der Waals surface area contributed by atoms with Crippen molar-refractivity contribution in [3.63, 3.8) is 0 Å². The number of benzene rings is 3. The van der Waals surface area contributed by atoms with Gasteiger partial charge in [-0.05, 0) is 36.0 Å². The molecule has 1 aliphatic heterocycles. The molecule has 0 spiro atoms. The highest BCUT2D eigenvalue weighted by molar-refractivity contribution is 5.88. The third kappa shape index (κ3) is 39.0. The second kappa shape index (κ2) is 52.9. The monoisotopic (exact) mass is 1320 g/mol. The van der Waals surface area contributed by atoms with Gasteiger partial charge in [-0.3, -0.25) is 28.8 Å². The van der Waals surface area contributed by atoms with Crippen molar-refractivity contribution in [2.45, 2.75) is 334 Å². The largest absolute Gasteiger partial charge is 0.461 e. The summed E-state index contributed by atoms with van der Waals surface area (Å²) in [6, 6.07) is 24.2. The van der Waals surface area contributed by atoms with E-state index in [0.717, 1.165) is 88.2 Å². The molecule has 2 amide bonds. The highest BCUT2D eigenvalue weighted by Gasteiger charge is 2.50. The number of aliphatic hydroxyl groups excluding tert-OH is 1. The number of nitrogens with one attached hydrogen (secondary N) is 2. The molecule has 0 radical (unpaired) electrons. The average molecular weight is 1330 g/mol. The molecule has 17 nitrogen and oxygen atoms in total. The maximum atomic E-state index is 14.4. The zero-order valence-corrected chi connectivity index (χ0v) is 58.3. The van der Waals surface area contributed by atoms with Crippen LogP contribution in [0.1, 0.15) is 288 Å². The number of hydrogen-bond acceptors (Lipinski definition) is 15. The molecule has 532 valence electrons. The Morgan fingerprint density at radius 2 is 0.768 bits per heavy atom. The van der Waals surface area contributed by atoms with E-state index < -0.39 is 110 Å². The number of hydrogen-bond donors (Lipinski definition) is 3. The van der Waals surface area contributed by atoms with Crippen molar-refractivity contribution in [3.05, 3.63) is 108 Å². The molecule has 6 atom stereocenters. The minimum Gasteiger partial charge on any atom is -0.461 e.